The summed E-state index contributed by atoms with van der Waals surface area (Å²) in [5, 5.41) is 1.29. The highest BCUT2D eigenvalue weighted by Gasteiger charge is 2.19. The van der Waals surface area contributed by atoms with Gasteiger partial charge in [0.2, 0.25) is 0 Å². The number of carbonyl (C=O) groups excluding carboxylic acids is 1. The third-order valence-electron chi connectivity index (χ3n) is 3.22. The van der Waals surface area contributed by atoms with Crippen molar-refractivity contribution in [2.45, 2.75) is 6.61 Å². The second-order valence-corrected chi connectivity index (χ2v) is 6.31. The summed E-state index contributed by atoms with van der Waals surface area (Å²) in [6.45, 7) is -0.0756. The number of nitrogens with zero attached hydrogens (tertiary/aromatic N) is 2. The summed E-state index contributed by atoms with van der Waals surface area (Å²) in [7, 11) is 0. The van der Waals surface area contributed by atoms with Crippen LogP contribution in [0.1, 0.15) is 16.1 Å². The molecule has 0 spiro atoms. The first-order chi connectivity index (χ1) is 11.5. The number of carbonyl (C=O) groups is 1. The highest BCUT2D eigenvalue weighted by Crippen LogP contribution is 2.31. The maximum absolute atomic E-state index is 12.1. The molecular weight excluding hydrogens is 394 g/mol. The van der Waals surface area contributed by atoms with Crippen LogP contribution in [0.5, 0.6) is 0 Å². The first-order valence-electron chi connectivity index (χ1n) is 6.68. The van der Waals surface area contributed by atoms with Crippen LogP contribution in [0.3, 0.4) is 0 Å². The summed E-state index contributed by atoms with van der Waals surface area (Å²) in [5.41, 5.74) is 1.21. The molecule has 0 aliphatic rings. The van der Waals surface area contributed by atoms with Crippen LogP contribution in [0.15, 0.2) is 36.5 Å². The smallest absolute Gasteiger partial charge is 0.358 e. The van der Waals surface area contributed by atoms with Crippen LogP contribution in [-0.2, 0) is 11.3 Å². The Morgan fingerprint density at radius 3 is 2.62 bits per heavy atom. The molecule has 0 saturated carbocycles. The summed E-state index contributed by atoms with van der Waals surface area (Å²) in [6.07, 6.45) is 1.23. The molecule has 0 saturated heterocycles. The van der Waals surface area contributed by atoms with Crippen molar-refractivity contribution in [1.29, 1.82) is 0 Å². The Bertz CT molecular complexity index is 947. The van der Waals surface area contributed by atoms with Gasteiger partial charge in [-0.1, -0.05) is 64.6 Å². The summed E-state index contributed by atoms with van der Waals surface area (Å²) >= 11 is 23.8. The van der Waals surface area contributed by atoms with Crippen molar-refractivity contribution in [3.8, 4) is 0 Å². The first-order valence-corrected chi connectivity index (χ1v) is 8.19. The van der Waals surface area contributed by atoms with E-state index >= 15 is 0 Å². The van der Waals surface area contributed by atoms with Crippen LogP contribution < -0.4 is 0 Å². The molecule has 8 heteroatoms. The van der Waals surface area contributed by atoms with E-state index in [-0.39, 0.29) is 32.5 Å². The molecule has 0 N–H and O–H groups in total. The molecule has 2 heterocycles. The van der Waals surface area contributed by atoms with Crippen LogP contribution in [0, 0.1) is 0 Å². The number of rotatable bonds is 3. The van der Waals surface area contributed by atoms with Crippen molar-refractivity contribution in [2.24, 2.45) is 0 Å². The van der Waals surface area contributed by atoms with Crippen molar-refractivity contribution in [2.75, 3.05) is 0 Å². The molecule has 0 amide bonds. The highest BCUT2D eigenvalue weighted by atomic mass is 35.5. The zero-order valence-corrected chi connectivity index (χ0v) is 14.9. The Kier molecular flexibility index (Phi) is 5.11. The van der Waals surface area contributed by atoms with Crippen LogP contribution in [0.25, 0.3) is 10.9 Å². The molecule has 3 aromatic rings. The number of hydrogen-bond donors (Lipinski definition) is 0. The van der Waals surface area contributed by atoms with Gasteiger partial charge in [0.05, 0.1) is 20.6 Å². The van der Waals surface area contributed by atoms with Crippen LogP contribution >= 0.6 is 46.4 Å². The van der Waals surface area contributed by atoms with Gasteiger partial charge < -0.3 is 4.74 Å². The summed E-state index contributed by atoms with van der Waals surface area (Å²) in [4.78, 5) is 20.3. The van der Waals surface area contributed by atoms with E-state index in [0.717, 1.165) is 10.9 Å². The number of halogens is 4. The van der Waals surface area contributed by atoms with E-state index in [0.29, 0.717) is 5.56 Å². The van der Waals surface area contributed by atoms with Gasteiger partial charge in [-0.25, -0.2) is 14.8 Å². The lowest BCUT2D eigenvalue weighted by atomic mass is 10.2. The largest absolute Gasteiger partial charge is 0.456 e. The van der Waals surface area contributed by atoms with Crippen LogP contribution in [0.2, 0.25) is 20.2 Å². The summed E-state index contributed by atoms with van der Waals surface area (Å²) < 4.78 is 5.21. The molecule has 122 valence electrons. The fourth-order valence-electron chi connectivity index (χ4n) is 2.03. The Morgan fingerprint density at radius 2 is 1.83 bits per heavy atom. The number of fused-ring (bicyclic) bond motifs is 1. The number of ether oxygens (including phenoxy) is 1. The average Bonchev–Trinajstić information content (AvgIpc) is 2.57. The van der Waals surface area contributed by atoms with E-state index in [4.69, 9.17) is 51.1 Å². The lowest BCUT2D eigenvalue weighted by molar-refractivity contribution is 0.0466. The second-order valence-electron chi connectivity index (χ2n) is 4.79. The molecule has 0 unspecified atom stereocenters. The lowest BCUT2D eigenvalue weighted by Crippen LogP contribution is -2.09. The third kappa shape index (κ3) is 3.42. The topological polar surface area (TPSA) is 52.1 Å². The first kappa shape index (κ1) is 17.2. The number of hydrogen-bond acceptors (Lipinski definition) is 4. The Morgan fingerprint density at radius 1 is 1.08 bits per heavy atom. The quantitative estimate of drug-likeness (QED) is 0.423. The maximum Gasteiger partial charge on any atom is 0.358 e. The van der Waals surface area contributed by atoms with E-state index in [1.807, 2.05) is 30.3 Å². The fourth-order valence-corrected chi connectivity index (χ4v) is 2.79. The van der Waals surface area contributed by atoms with Crippen molar-refractivity contribution in [3.63, 3.8) is 0 Å². The van der Waals surface area contributed by atoms with Crippen LogP contribution in [0.4, 0.5) is 0 Å². The standard InChI is InChI=1S/C16H8Cl4N2O2/c17-10-6-21-14(13(19)12(10)18)16(23)24-7-9-5-8-3-1-2-4-11(8)22-15(9)20/h1-6H,7H2. The van der Waals surface area contributed by atoms with E-state index < -0.39 is 5.97 Å². The van der Waals surface area contributed by atoms with Gasteiger partial charge in [0.15, 0.2) is 5.69 Å². The fraction of sp³-hybridized carbons (Fsp3) is 0.0625. The number of para-hydroxylation sites is 1. The number of pyridine rings is 2. The number of benzene rings is 1. The van der Waals surface area contributed by atoms with Gasteiger partial charge in [-0.15, -0.1) is 0 Å². The highest BCUT2D eigenvalue weighted by molar-refractivity contribution is 6.48. The predicted molar refractivity (Wildman–Crippen MR) is 95.1 cm³/mol. The Hall–Kier alpha value is -1.59. The Labute approximate surface area is 157 Å². The minimum atomic E-state index is -0.734. The van der Waals surface area contributed by atoms with E-state index in [1.54, 1.807) is 0 Å². The van der Waals surface area contributed by atoms with Crippen molar-refractivity contribution < 1.29 is 9.53 Å². The minimum Gasteiger partial charge on any atom is -0.456 e. The van der Waals surface area contributed by atoms with Gasteiger partial charge in [0.25, 0.3) is 0 Å². The number of esters is 1. The van der Waals surface area contributed by atoms with Gasteiger partial charge in [0.1, 0.15) is 11.8 Å². The summed E-state index contributed by atoms with van der Waals surface area (Å²) in [6, 6.07) is 9.29. The maximum atomic E-state index is 12.1. The summed E-state index contributed by atoms with van der Waals surface area (Å²) in [5.74, 6) is -0.734. The molecule has 3 rings (SSSR count). The van der Waals surface area contributed by atoms with Crippen LogP contribution in [-0.4, -0.2) is 15.9 Å². The molecular formula is C16H8Cl4N2O2. The Balaban J connectivity index is 1.82. The van der Waals surface area contributed by atoms with Gasteiger partial charge in [-0.2, -0.15) is 0 Å². The molecule has 0 aliphatic heterocycles. The van der Waals surface area contributed by atoms with Gasteiger partial charge >= 0.3 is 5.97 Å². The third-order valence-corrected chi connectivity index (χ3v) is 4.79. The average molecular weight is 402 g/mol. The van der Waals surface area contributed by atoms with Gasteiger partial charge in [-0.05, 0) is 12.1 Å². The molecule has 0 fully saturated rings. The van der Waals surface area contributed by atoms with Crippen molar-refractivity contribution in [1.82, 2.24) is 9.97 Å². The lowest BCUT2D eigenvalue weighted by Gasteiger charge is -2.09. The van der Waals surface area contributed by atoms with Gasteiger partial charge in [-0.3, -0.25) is 0 Å². The van der Waals surface area contributed by atoms with Crippen molar-refractivity contribution in [3.05, 3.63) is 68.0 Å². The van der Waals surface area contributed by atoms with Crippen molar-refractivity contribution >= 4 is 63.3 Å². The van der Waals surface area contributed by atoms with E-state index in [9.17, 15) is 4.79 Å². The predicted octanol–water partition coefficient (Wildman–Crippen LogP) is 5.60. The molecule has 24 heavy (non-hydrogen) atoms. The van der Waals surface area contributed by atoms with E-state index in [2.05, 4.69) is 9.97 Å². The molecule has 0 radical (unpaired) electrons. The molecule has 0 atom stereocenters. The molecule has 0 bridgehead atoms. The molecule has 2 aromatic heterocycles. The molecule has 0 aliphatic carbocycles. The molecule has 1 aromatic carbocycles. The van der Waals surface area contributed by atoms with Gasteiger partial charge in [0, 0.05) is 17.1 Å². The van der Waals surface area contributed by atoms with E-state index in [1.165, 1.54) is 6.20 Å². The minimum absolute atomic E-state index is 0.0469. The molecule has 4 nitrogen and oxygen atoms in total. The zero-order chi connectivity index (χ0) is 17.3. The number of aromatic nitrogens is 2. The normalized spacial score (nSPS) is 10.8. The second kappa shape index (κ2) is 7.11. The monoisotopic (exact) mass is 400 g/mol. The zero-order valence-electron chi connectivity index (χ0n) is 11.9. The SMILES string of the molecule is O=C(OCc1cc2ccccc2nc1Cl)c1ncc(Cl)c(Cl)c1Cl.